The Morgan fingerprint density at radius 3 is 2.75 bits per heavy atom. The van der Waals surface area contributed by atoms with E-state index in [0.29, 0.717) is 22.8 Å². The van der Waals surface area contributed by atoms with Crippen molar-refractivity contribution in [1.82, 2.24) is 24.9 Å². The van der Waals surface area contributed by atoms with Gasteiger partial charge in [0.25, 0.3) is 0 Å². The molecule has 3 N–H and O–H groups in total. The average molecular weight is 262 g/mol. The quantitative estimate of drug-likeness (QED) is 0.548. The monoisotopic (exact) mass is 262 g/mol. The highest BCUT2D eigenvalue weighted by molar-refractivity contribution is 5.85. The summed E-state index contributed by atoms with van der Waals surface area (Å²) in [4.78, 5) is 20.1. The number of aromatic nitrogens is 5. The summed E-state index contributed by atoms with van der Waals surface area (Å²) < 4.78 is 0. The van der Waals surface area contributed by atoms with E-state index in [4.69, 9.17) is 5.73 Å². The van der Waals surface area contributed by atoms with Crippen molar-refractivity contribution >= 4 is 27.9 Å². The topological polar surface area (TPSA) is 93.4 Å². The minimum atomic E-state index is 0.384. The molecule has 0 saturated carbocycles. The van der Waals surface area contributed by atoms with Gasteiger partial charge in [-0.05, 0) is 12.1 Å². The van der Waals surface area contributed by atoms with Gasteiger partial charge in [-0.2, -0.15) is 0 Å². The van der Waals surface area contributed by atoms with Crippen molar-refractivity contribution in [2.24, 2.45) is 0 Å². The minimum Gasteiger partial charge on any atom is -0.382 e. The Balaban J connectivity index is 1.94. The van der Waals surface area contributed by atoms with Crippen LogP contribution in [0.15, 0.2) is 42.7 Å². The molecular weight excluding hydrogens is 252 g/mol. The Bertz CT molecular complexity index is 927. The van der Waals surface area contributed by atoms with E-state index in [-0.39, 0.29) is 0 Å². The number of hydrogen-bond acceptors (Lipinski definition) is 5. The van der Waals surface area contributed by atoms with Crippen LogP contribution in [0, 0.1) is 0 Å². The number of aromatic amines is 1. The lowest BCUT2D eigenvalue weighted by molar-refractivity contribution is 1.20. The normalized spacial score (nSPS) is 11.2. The fourth-order valence-electron chi connectivity index (χ4n) is 2.17. The van der Waals surface area contributed by atoms with E-state index in [9.17, 15) is 0 Å². The second-order valence-corrected chi connectivity index (χ2v) is 4.43. The number of rotatable bonds is 1. The van der Waals surface area contributed by atoms with E-state index in [1.54, 1.807) is 0 Å². The maximum absolute atomic E-state index is 5.80. The highest BCUT2D eigenvalue weighted by Crippen LogP contribution is 2.22. The van der Waals surface area contributed by atoms with Crippen LogP contribution in [0.2, 0.25) is 0 Å². The molecule has 0 saturated heterocycles. The maximum atomic E-state index is 5.80. The van der Waals surface area contributed by atoms with Crippen LogP contribution >= 0.6 is 0 Å². The standard InChI is InChI=1S/C14H10N6/c15-12-11-14(17-7-16-12)20-13(19-11)10-6-5-8-3-1-2-4-9(8)18-10/h1-7H,(H3,15,16,17,19,20). The first kappa shape index (κ1) is 10.9. The fourth-order valence-corrected chi connectivity index (χ4v) is 2.17. The van der Waals surface area contributed by atoms with Crippen LogP contribution in [-0.4, -0.2) is 24.9 Å². The molecule has 3 aromatic heterocycles. The molecule has 0 radical (unpaired) electrons. The number of pyridine rings is 1. The molecule has 0 amide bonds. The molecule has 1 aromatic carbocycles. The first-order valence-electron chi connectivity index (χ1n) is 6.13. The van der Waals surface area contributed by atoms with Crippen LogP contribution in [0.1, 0.15) is 0 Å². The van der Waals surface area contributed by atoms with Gasteiger partial charge in [-0.3, -0.25) is 0 Å². The van der Waals surface area contributed by atoms with Gasteiger partial charge in [0.15, 0.2) is 17.3 Å². The number of anilines is 1. The van der Waals surface area contributed by atoms with Crippen molar-refractivity contribution in [2.75, 3.05) is 5.73 Å². The van der Waals surface area contributed by atoms with Gasteiger partial charge in [0, 0.05) is 5.39 Å². The predicted molar refractivity (Wildman–Crippen MR) is 76.8 cm³/mol. The van der Waals surface area contributed by atoms with Gasteiger partial charge in [-0.1, -0.05) is 24.3 Å². The van der Waals surface area contributed by atoms with Crippen LogP contribution < -0.4 is 5.73 Å². The maximum Gasteiger partial charge on any atom is 0.183 e. The Morgan fingerprint density at radius 2 is 1.85 bits per heavy atom. The Labute approximate surface area is 113 Å². The van der Waals surface area contributed by atoms with E-state index in [1.807, 2.05) is 36.4 Å². The Hall–Kier alpha value is -3.02. The molecule has 0 fully saturated rings. The molecule has 0 spiro atoms. The van der Waals surface area contributed by atoms with E-state index in [2.05, 4.69) is 24.9 Å². The van der Waals surface area contributed by atoms with E-state index >= 15 is 0 Å². The smallest absolute Gasteiger partial charge is 0.183 e. The molecule has 0 aliphatic rings. The second-order valence-electron chi connectivity index (χ2n) is 4.43. The molecule has 0 unspecified atom stereocenters. The number of H-pyrrole nitrogens is 1. The van der Waals surface area contributed by atoms with Gasteiger partial charge in [-0.15, -0.1) is 0 Å². The number of imidazole rings is 1. The summed E-state index contributed by atoms with van der Waals surface area (Å²) in [5.41, 5.74) is 8.65. The lowest BCUT2D eigenvalue weighted by Gasteiger charge is -1.99. The molecule has 0 aliphatic carbocycles. The zero-order valence-corrected chi connectivity index (χ0v) is 10.4. The fraction of sp³-hybridized carbons (Fsp3) is 0. The lowest BCUT2D eigenvalue weighted by Crippen LogP contribution is -1.91. The van der Waals surface area contributed by atoms with E-state index in [0.717, 1.165) is 16.6 Å². The number of nitrogen functional groups attached to an aromatic ring is 1. The summed E-state index contributed by atoms with van der Waals surface area (Å²) in [6.07, 6.45) is 1.40. The van der Waals surface area contributed by atoms with Crippen LogP contribution in [0.4, 0.5) is 5.82 Å². The van der Waals surface area contributed by atoms with Gasteiger partial charge >= 0.3 is 0 Å². The zero-order chi connectivity index (χ0) is 13.5. The molecule has 0 atom stereocenters. The van der Waals surface area contributed by atoms with Crippen molar-refractivity contribution < 1.29 is 0 Å². The molecule has 3 heterocycles. The molecule has 0 aliphatic heterocycles. The van der Waals surface area contributed by atoms with E-state index < -0.39 is 0 Å². The van der Waals surface area contributed by atoms with Crippen molar-refractivity contribution in [3.8, 4) is 11.5 Å². The van der Waals surface area contributed by atoms with Crippen LogP contribution in [0.25, 0.3) is 33.6 Å². The number of para-hydroxylation sites is 1. The van der Waals surface area contributed by atoms with Crippen LogP contribution in [0.5, 0.6) is 0 Å². The highest BCUT2D eigenvalue weighted by atomic mass is 15.1. The van der Waals surface area contributed by atoms with Crippen LogP contribution in [0.3, 0.4) is 0 Å². The summed E-state index contributed by atoms with van der Waals surface area (Å²) in [7, 11) is 0. The third-order valence-corrected chi connectivity index (χ3v) is 3.16. The van der Waals surface area contributed by atoms with Crippen molar-refractivity contribution in [3.63, 3.8) is 0 Å². The summed E-state index contributed by atoms with van der Waals surface area (Å²) >= 11 is 0. The molecule has 4 rings (SSSR count). The molecule has 96 valence electrons. The molecular formula is C14H10N6. The summed E-state index contributed by atoms with van der Waals surface area (Å²) in [6, 6.07) is 11.9. The molecule has 6 heteroatoms. The largest absolute Gasteiger partial charge is 0.382 e. The van der Waals surface area contributed by atoms with Crippen molar-refractivity contribution in [3.05, 3.63) is 42.7 Å². The van der Waals surface area contributed by atoms with Crippen molar-refractivity contribution in [1.29, 1.82) is 0 Å². The first-order valence-corrected chi connectivity index (χ1v) is 6.13. The highest BCUT2D eigenvalue weighted by Gasteiger charge is 2.10. The number of nitrogens with zero attached hydrogens (tertiary/aromatic N) is 4. The van der Waals surface area contributed by atoms with Gasteiger partial charge in [-0.25, -0.2) is 19.9 Å². The number of nitrogens with two attached hydrogens (primary N) is 1. The first-order chi connectivity index (χ1) is 9.81. The number of hydrogen-bond donors (Lipinski definition) is 2. The van der Waals surface area contributed by atoms with Gasteiger partial charge < -0.3 is 10.7 Å². The van der Waals surface area contributed by atoms with Gasteiger partial charge in [0.2, 0.25) is 0 Å². The Kier molecular flexibility index (Phi) is 2.17. The molecule has 0 bridgehead atoms. The molecule has 6 nitrogen and oxygen atoms in total. The number of fused-ring (bicyclic) bond motifs is 2. The van der Waals surface area contributed by atoms with Gasteiger partial charge in [0.1, 0.15) is 17.5 Å². The second kappa shape index (κ2) is 3.99. The summed E-state index contributed by atoms with van der Waals surface area (Å²) in [5, 5.41) is 1.09. The van der Waals surface area contributed by atoms with Crippen LogP contribution in [-0.2, 0) is 0 Å². The van der Waals surface area contributed by atoms with Gasteiger partial charge in [0.05, 0.1) is 5.52 Å². The average Bonchev–Trinajstić information content (AvgIpc) is 2.92. The van der Waals surface area contributed by atoms with E-state index in [1.165, 1.54) is 6.33 Å². The molecule has 4 aromatic rings. The molecule has 20 heavy (non-hydrogen) atoms. The zero-order valence-electron chi connectivity index (χ0n) is 10.4. The lowest BCUT2D eigenvalue weighted by atomic mass is 10.2. The summed E-state index contributed by atoms with van der Waals surface area (Å²) in [6.45, 7) is 0. The third kappa shape index (κ3) is 1.58. The predicted octanol–water partition coefficient (Wildman–Crippen LogP) is 2.15. The SMILES string of the molecule is Nc1ncnc2nc(-c3ccc4ccccc4n3)[nH]c12. The number of benzene rings is 1. The summed E-state index contributed by atoms with van der Waals surface area (Å²) in [5.74, 6) is 1.02. The number of nitrogens with one attached hydrogen (secondary N) is 1. The van der Waals surface area contributed by atoms with Crippen molar-refractivity contribution in [2.45, 2.75) is 0 Å². The minimum absolute atomic E-state index is 0.384. The Morgan fingerprint density at radius 1 is 0.950 bits per heavy atom. The third-order valence-electron chi connectivity index (χ3n) is 3.16.